The number of pyridine rings is 1. The third kappa shape index (κ3) is 1.77. The van der Waals surface area contributed by atoms with Crippen LogP contribution in [0.15, 0.2) is 12.4 Å². The largest absolute Gasteiger partial charge is 0.330 e. The summed E-state index contributed by atoms with van der Waals surface area (Å²) in [6, 6.07) is 0. The van der Waals surface area contributed by atoms with E-state index in [4.69, 9.17) is 5.73 Å². The second-order valence-corrected chi connectivity index (χ2v) is 4.50. The van der Waals surface area contributed by atoms with Crippen LogP contribution in [0.2, 0.25) is 0 Å². The van der Waals surface area contributed by atoms with E-state index in [1.54, 1.807) is 0 Å². The van der Waals surface area contributed by atoms with E-state index < -0.39 is 0 Å². The van der Waals surface area contributed by atoms with Gasteiger partial charge in [0.15, 0.2) is 5.65 Å². The van der Waals surface area contributed by atoms with Crippen LogP contribution in [0.5, 0.6) is 0 Å². The topological polar surface area (TPSA) is 67.9 Å². The van der Waals surface area contributed by atoms with Crippen LogP contribution >= 0.6 is 0 Å². The Hall–Kier alpha value is -1.59. The van der Waals surface area contributed by atoms with E-state index in [1.165, 1.54) is 11.1 Å². The summed E-state index contributed by atoms with van der Waals surface area (Å²) in [7, 11) is 2.11. The predicted octanol–water partition coefficient (Wildman–Crippen LogP) is 0.471. The molecule has 3 heterocycles. The van der Waals surface area contributed by atoms with Crippen molar-refractivity contribution >= 4 is 11.0 Å². The second-order valence-electron chi connectivity index (χ2n) is 4.50. The molecule has 2 aromatic rings. The molecular formula is C12H15N5. The van der Waals surface area contributed by atoms with Crippen molar-refractivity contribution in [1.82, 2.24) is 19.9 Å². The Kier molecular flexibility index (Phi) is 2.49. The van der Waals surface area contributed by atoms with Gasteiger partial charge in [-0.15, -0.1) is 0 Å². The molecule has 0 unspecified atom stereocenters. The van der Waals surface area contributed by atoms with E-state index in [0.29, 0.717) is 13.0 Å². The highest BCUT2D eigenvalue weighted by atomic mass is 15.1. The maximum absolute atomic E-state index is 5.51. The summed E-state index contributed by atoms with van der Waals surface area (Å²) in [5, 5.41) is 1.08. The van der Waals surface area contributed by atoms with Gasteiger partial charge in [0, 0.05) is 37.3 Å². The molecule has 0 fully saturated rings. The lowest BCUT2D eigenvalue weighted by atomic mass is 10.1. The number of rotatable bonds is 2. The van der Waals surface area contributed by atoms with Gasteiger partial charge in [0.2, 0.25) is 0 Å². The van der Waals surface area contributed by atoms with Crippen LogP contribution < -0.4 is 5.73 Å². The maximum Gasteiger partial charge on any atom is 0.163 e. The monoisotopic (exact) mass is 229 g/mol. The number of hydrogen-bond acceptors (Lipinski definition) is 5. The average Bonchev–Trinajstić information content (AvgIpc) is 2.70. The number of nitrogens with two attached hydrogens (primary N) is 1. The van der Waals surface area contributed by atoms with E-state index in [1.807, 2.05) is 12.4 Å². The fourth-order valence-corrected chi connectivity index (χ4v) is 2.30. The van der Waals surface area contributed by atoms with Crippen molar-refractivity contribution in [3.8, 4) is 0 Å². The summed E-state index contributed by atoms with van der Waals surface area (Å²) < 4.78 is 0. The van der Waals surface area contributed by atoms with Gasteiger partial charge in [-0.3, -0.25) is 4.90 Å². The fraction of sp³-hybridized carbons (Fsp3) is 0.417. The summed E-state index contributed by atoms with van der Waals surface area (Å²) in [6.07, 6.45) is 4.52. The molecule has 0 amide bonds. The number of aromatic nitrogens is 3. The predicted molar refractivity (Wildman–Crippen MR) is 65.3 cm³/mol. The fourth-order valence-electron chi connectivity index (χ4n) is 2.30. The highest BCUT2D eigenvalue weighted by Gasteiger charge is 2.19. The van der Waals surface area contributed by atoms with Crippen LogP contribution in [-0.4, -0.2) is 33.4 Å². The molecule has 5 nitrogen and oxygen atoms in total. The molecule has 0 saturated heterocycles. The number of hydrogen-bond donors (Lipinski definition) is 1. The Morgan fingerprint density at radius 2 is 2.18 bits per heavy atom. The molecule has 0 aromatic carbocycles. The van der Waals surface area contributed by atoms with Gasteiger partial charge in [-0.2, -0.15) is 0 Å². The average molecular weight is 229 g/mol. The Morgan fingerprint density at radius 3 is 3.00 bits per heavy atom. The molecule has 17 heavy (non-hydrogen) atoms. The van der Waals surface area contributed by atoms with Crippen LogP contribution in [0.4, 0.5) is 0 Å². The van der Waals surface area contributed by atoms with E-state index in [2.05, 4.69) is 26.9 Å². The van der Waals surface area contributed by atoms with Crippen molar-refractivity contribution in [1.29, 1.82) is 0 Å². The van der Waals surface area contributed by atoms with Crippen LogP contribution in [0.3, 0.4) is 0 Å². The standard InChI is InChI=1S/C12H15N5/c1-17-6-8-4-15-12-9(10(8)7-17)5-14-11(16-12)2-3-13/h4-5H,2-3,6-7,13H2,1H3. The van der Waals surface area contributed by atoms with Gasteiger partial charge < -0.3 is 5.73 Å². The molecule has 0 radical (unpaired) electrons. The minimum absolute atomic E-state index is 0.569. The first kappa shape index (κ1) is 10.6. The normalized spacial score (nSPS) is 15.4. The van der Waals surface area contributed by atoms with Crippen molar-refractivity contribution in [3.05, 3.63) is 29.3 Å². The first-order chi connectivity index (χ1) is 8.28. The third-order valence-electron chi connectivity index (χ3n) is 3.11. The van der Waals surface area contributed by atoms with Crippen molar-refractivity contribution in [2.75, 3.05) is 13.6 Å². The lowest BCUT2D eigenvalue weighted by molar-refractivity contribution is 0.353. The first-order valence-corrected chi connectivity index (χ1v) is 5.79. The van der Waals surface area contributed by atoms with E-state index >= 15 is 0 Å². The summed E-state index contributed by atoms with van der Waals surface area (Å²) in [5.74, 6) is 0.777. The lowest BCUT2D eigenvalue weighted by Crippen LogP contribution is -2.08. The molecule has 0 atom stereocenters. The third-order valence-corrected chi connectivity index (χ3v) is 3.11. The summed E-state index contributed by atoms with van der Waals surface area (Å²) in [5.41, 5.74) is 8.90. The molecule has 0 saturated carbocycles. The summed E-state index contributed by atoms with van der Waals surface area (Å²) >= 11 is 0. The van der Waals surface area contributed by atoms with Crippen LogP contribution in [0, 0.1) is 0 Å². The van der Waals surface area contributed by atoms with Crippen LogP contribution in [0.25, 0.3) is 11.0 Å². The summed E-state index contributed by atoms with van der Waals surface area (Å²) in [4.78, 5) is 15.5. The van der Waals surface area contributed by atoms with Gasteiger partial charge in [-0.1, -0.05) is 0 Å². The molecule has 2 N–H and O–H groups in total. The minimum atomic E-state index is 0.569. The zero-order chi connectivity index (χ0) is 11.8. The highest BCUT2D eigenvalue weighted by Crippen LogP contribution is 2.26. The van der Waals surface area contributed by atoms with Crippen molar-refractivity contribution in [2.45, 2.75) is 19.5 Å². The number of nitrogens with zero attached hydrogens (tertiary/aromatic N) is 4. The Morgan fingerprint density at radius 1 is 1.29 bits per heavy atom. The van der Waals surface area contributed by atoms with E-state index in [-0.39, 0.29) is 0 Å². The number of fused-ring (bicyclic) bond motifs is 3. The zero-order valence-electron chi connectivity index (χ0n) is 9.85. The van der Waals surface area contributed by atoms with Crippen LogP contribution in [0.1, 0.15) is 17.0 Å². The maximum atomic E-state index is 5.51. The molecule has 2 aromatic heterocycles. The van der Waals surface area contributed by atoms with Gasteiger partial charge >= 0.3 is 0 Å². The lowest BCUT2D eigenvalue weighted by Gasteiger charge is -2.05. The van der Waals surface area contributed by atoms with Gasteiger partial charge in [0.25, 0.3) is 0 Å². The van der Waals surface area contributed by atoms with E-state index in [0.717, 1.165) is 29.9 Å². The molecule has 3 rings (SSSR count). The quantitative estimate of drug-likeness (QED) is 0.810. The molecule has 1 aliphatic heterocycles. The Balaban J connectivity index is 2.13. The molecule has 0 spiro atoms. The Labute approximate surface area is 99.7 Å². The van der Waals surface area contributed by atoms with Gasteiger partial charge in [-0.05, 0) is 24.7 Å². The second kappa shape index (κ2) is 4.01. The van der Waals surface area contributed by atoms with Gasteiger partial charge in [-0.25, -0.2) is 15.0 Å². The van der Waals surface area contributed by atoms with Gasteiger partial charge in [0.05, 0.1) is 0 Å². The van der Waals surface area contributed by atoms with Gasteiger partial charge in [0.1, 0.15) is 5.82 Å². The van der Waals surface area contributed by atoms with Crippen molar-refractivity contribution in [3.63, 3.8) is 0 Å². The summed E-state index contributed by atoms with van der Waals surface area (Å²) in [6.45, 7) is 2.48. The molecule has 0 bridgehead atoms. The van der Waals surface area contributed by atoms with Crippen molar-refractivity contribution in [2.24, 2.45) is 5.73 Å². The SMILES string of the molecule is CN1Cc2cnc3nc(CCN)ncc3c2C1. The van der Waals surface area contributed by atoms with E-state index in [9.17, 15) is 0 Å². The smallest absolute Gasteiger partial charge is 0.163 e. The minimum Gasteiger partial charge on any atom is -0.330 e. The van der Waals surface area contributed by atoms with Crippen molar-refractivity contribution < 1.29 is 0 Å². The molecular weight excluding hydrogens is 214 g/mol. The molecule has 5 heteroatoms. The molecule has 1 aliphatic rings. The highest BCUT2D eigenvalue weighted by molar-refractivity contribution is 5.79. The molecule has 88 valence electrons. The van der Waals surface area contributed by atoms with Crippen LogP contribution in [-0.2, 0) is 19.5 Å². The first-order valence-electron chi connectivity index (χ1n) is 5.79. The Bertz CT molecular complexity index is 566. The molecule has 0 aliphatic carbocycles. The zero-order valence-corrected chi connectivity index (χ0v) is 9.85.